The Morgan fingerprint density at radius 2 is 1.75 bits per heavy atom. The van der Waals surface area contributed by atoms with Crippen LogP contribution in [0.3, 0.4) is 0 Å². The molecule has 0 radical (unpaired) electrons. The molecule has 2 heterocycles. The fourth-order valence-corrected chi connectivity index (χ4v) is 3.56. The third-order valence-corrected chi connectivity index (χ3v) is 5.25. The molecule has 0 fully saturated rings. The quantitative estimate of drug-likeness (QED) is 0.594. The minimum Gasteiger partial charge on any atom is -0.361 e. The van der Waals surface area contributed by atoms with Crippen LogP contribution in [0.15, 0.2) is 36.5 Å². The lowest BCUT2D eigenvalue weighted by molar-refractivity contribution is 0.868. The molecule has 1 nitrogen and oxygen atoms in total. The second-order valence-corrected chi connectivity index (χ2v) is 7.13. The van der Waals surface area contributed by atoms with Gasteiger partial charge in [0.15, 0.2) is 0 Å². The highest BCUT2D eigenvalue weighted by atomic mass is 32.1. The van der Waals surface area contributed by atoms with E-state index in [-0.39, 0.29) is 0 Å². The van der Waals surface area contributed by atoms with E-state index in [0.717, 1.165) is 0 Å². The zero-order chi connectivity index (χ0) is 14.3. The molecule has 2 aromatic heterocycles. The first-order chi connectivity index (χ1) is 9.56. The van der Waals surface area contributed by atoms with Gasteiger partial charge in [-0.25, -0.2) is 0 Å². The molecule has 0 aliphatic carbocycles. The maximum absolute atomic E-state index is 3.43. The van der Waals surface area contributed by atoms with Crippen molar-refractivity contribution < 1.29 is 0 Å². The van der Waals surface area contributed by atoms with Crippen LogP contribution in [0.4, 0.5) is 0 Å². The van der Waals surface area contributed by atoms with Gasteiger partial charge < -0.3 is 4.98 Å². The number of H-pyrrole nitrogens is 1. The SMILES string of the molecule is CC(C)c1ccc2c(-c3ccc(C(C)C)s3)c[nH]c2c1. The van der Waals surface area contributed by atoms with Gasteiger partial charge in [-0.3, -0.25) is 0 Å². The Labute approximate surface area is 124 Å². The molecule has 3 aromatic rings. The van der Waals surface area contributed by atoms with Gasteiger partial charge in [0, 0.05) is 32.4 Å². The van der Waals surface area contributed by atoms with Crippen LogP contribution in [0.25, 0.3) is 21.3 Å². The van der Waals surface area contributed by atoms with Gasteiger partial charge >= 0.3 is 0 Å². The summed E-state index contributed by atoms with van der Waals surface area (Å²) in [4.78, 5) is 6.24. The number of nitrogens with one attached hydrogen (secondary N) is 1. The number of thiophene rings is 1. The molecule has 0 bridgehead atoms. The Morgan fingerprint density at radius 3 is 2.40 bits per heavy atom. The van der Waals surface area contributed by atoms with Gasteiger partial charge in [0.25, 0.3) is 0 Å². The van der Waals surface area contributed by atoms with Crippen LogP contribution in [0.5, 0.6) is 0 Å². The maximum Gasteiger partial charge on any atom is 0.0463 e. The van der Waals surface area contributed by atoms with Crippen molar-refractivity contribution in [2.24, 2.45) is 0 Å². The molecule has 3 rings (SSSR count). The molecule has 0 saturated heterocycles. The molecule has 0 spiro atoms. The lowest BCUT2D eigenvalue weighted by atomic mass is 10.0. The molecular weight excluding hydrogens is 262 g/mol. The average molecular weight is 283 g/mol. The Morgan fingerprint density at radius 1 is 0.950 bits per heavy atom. The molecular formula is C18H21NS. The van der Waals surface area contributed by atoms with Crippen molar-refractivity contribution in [1.29, 1.82) is 0 Å². The fourth-order valence-electron chi connectivity index (χ4n) is 2.51. The van der Waals surface area contributed by atoms with Gasteiger partial charge in [0.1, 0.15) is 0 Å². The summed E-state index contributed by atoms with van der Waals surface area (Å²) < 4.78 is 0. The number of benzene rings is 1. The van der Waals surface area contributed by atoms with E-state index in [4.69, 9.17) is 0 Å². The molecule has 1 aromatic carbocycles. The molecule has 20 heavy (non-hydrogen) atoms. The lowest BCUT2D eigenvalue weighted by Gasteiger charge is -2.05. The van der Waals surface area contributed by atoms with Crippen molar-refractivity contribution in [1.82, 2.24) is 4.98 Å². The Bertz CT molecular complexity index is 731. The summed E-state index contributed by atoms with van der Waals surface area (Å²) in [5.41, 5.74) is 3.96. The number of rotatable bonds is 3. The summed E-state index contributed by atoms with van der Waals surface area (Å²) in [5, 5.41) is 1.33. The van der Waals surface area contributed by atoms with Crippen molar-refractivity contribution in [3.05, 3.63) is 47.0 Å². The van der Waals surface area contributed by atoms with E-state index in [9.17, 15) is 0 Å². The first-order valence-electron chi connectivity index (χ1n) is 7.27. The molecule has 0 atom stereocenters. The minimum atomic E-state index is 0.570. The van der Waals surface area contributed by atoms with Gasteiger partial charge in [-0.15, -0.1) is 11.3 Å². The summed E-state index contributed by atoms with van der Waals surface area (Å²) in [6.07, 6.45) is 2.14. The van der Waals surface area contributed by atoms with Crippen LogP contribution in [-0.4, -0.2) is 4.98 Å². The normalized spacial score (nSPS) is 11.9. The Balaban J connectivity index is 2.07. The van der Waals surface area contributed by atoms with E-state index in [2.05, 4.69) is 69.2 Å². The predicted molar refractivity (Wildman–Crippen MR) is 89.8 cm³/mol. The topological polar surface area (TPSA) is 15.8 Å². The second kappa shape index (κ2) is 5.10. The van der Waals surface area contributed by atoms with Crippen molar-refractivity contribution in [2.75, 3.05) is 0 Å². The van der Waals surface area contributed by atoms with E-state index in [1.165, 1.54) is 31.8 Å². The maximum atomic E-state index is 3.43. The van der Waals surface area contributed by atoms with Gasteiger partial charge in [0.2, 0.25) is 0 Å². The highest BCUT2D eigenvalue weighted by molar-refractivity contribution is 7.15. The lowest BCUT2D eigenvalue weighted by Crippen LogP contribution is -1.85. The smallest absolute Gasteiger partial charge is 0.0463 e. The van der Waals surface area contributed by atoms with Gasteiger partial charge in [-0.05, 0) is 35.6 Å². The number of hydrogen-bond donors (Lipinski definition) is 1. The van der Waals surface area contributed by atoms with Crippen LogP contribution >= 0.6 is 11.3 Å². The molecule has 0 aliphatic heterocycles. The van der Waals surface area contributed by atoms with E-state index in [0.29, 0.717) is 11.8 Å². The van der Waals surface area contributed by atoms with Gasteiger partial charge in [0.05, 0.1) is 0 Å². The van der Waals surface area contributed by atoms with Crippen molar-refractivity contribution in [2.45, 2.75) is 39.5 Å². The molecule has 104 valence electrons. The van der Waals surface area contributed by atoms with Gasteiger partial charge in [-0.1, -0.05) is 39.8 Å². The highest BCUT2D eigenvalue weighted by Crippen LogP contribution is 2.36. The van der Waals surface area contributed by atoms with Crippen LogP contribution < -0.4 is 0 Å². The largest absolute Gasteiger partial charge is 0.361 e. The number of fused-ring (bicyclic) bond motifs is 1. The Hall–Kier alpha value is -1.54. The van der Waals surface area contributed by atoms with Crippen LogP contribution in [-0.2, 0) is 0 Å². The average Bonchev–Trinajstić information content (AvgIpc) is 3.03. The zero-order valence-electron chi connectivity index (χ0n) is 12.5. The third kappa shape index (κ3) is 2.29. The number of aromatic amines is 1. The molecule has 1 N–H and O–H groups in total. The fraction of sp³-hybridized carbons (Fsp3) is 0.333. The summed E-state index contributed by atoms with van der Waals surface area (Å²) in [5.74, 6) is 1.17. The molecule has 0 unspecified atom stereocenters. The van der Waals surface area contributed by atoms with E-state index < -0.39 is 0 Å². The molecule has 0 saturated carbocycles. The van der Waals surface area contributed by atoms with Crippen molar-refractivity contribution in [3.8, 4) is 10.4 Å². The zero-order valence-corrected chi connectivity index (χ0v) is 13.3. The van der Waals surface area contributed by atoms with E-state index in [1.54, 1.807) is 0 Å². The summed E-state index contributed by atoms with van der Waals surface area (Å²) in [6.45, 7) is 8.97. The van der Waals surface area contributed by atoms with Crippen LogP contribution in [0, 0.1) is 0 Å². The predicted octanol–water partition coefficient (Wildman–Crippen LogP) is 6.14. The summed E-state index contributed by atoms with van der Waals surface area (Å²) in [6, 6.07) is 11.3. The van der Waals surface area contributed by atoms with Crippen LogP contribution in [0.2, 0.25) is 0 Å². The molecule has 0 aliphatic rings. The van der Waals surface area contributed by atoms with Crippen LogP contribution in [0.1, 0.15) is 50.0 Å². The summed E-state index contributed by atoms with van der Waals surface area (Å²) in [7, 11) is 0. The first kappa shape index (κ1) is 13.4. The molecule has 0 amide bonds. The number of aromatic nitrogens is 1. The monoisotopic (exact) mass is 283 g/mol. The molecule has 2 heteroatoms. The van der Waals surface area contributed by atoms with Crippen molar-refractivity contribution >= 4 is 22.2 Å². The van der Waals surface area contributed by atoms with E-state index >= 15 is 0 Å². The van der Waals surface area contributed by atoms with Gasteiger partial charge in [-0.2, -0.15) is 0 Å². The first-order valence-corrected chi connectivity index (χ1v) is 8.09. The second-order valence-electron chi connectivity index (χ2n) is 6.02. The standard InChI is InChI=1S/C18H21NS/c1-11(2)13-5-6-14-15(10-19-16(14)9-13)18-8-7-17(20-18)12(3)4/h5-12,19H,1-4H3. The minimum absolute atomic E-state index is 0.570. The number of hydrogen-bond acceptors (Lipinski definition) is 1. The van der Waals surface area contributed by atoms with Crippen molar-refractivity contribution in [3.63, 3.8) is 0 Å². The highest BCUT2D eigenvalue weighted by Gasteiger charge is 2.11. The summed E-state index contributed by atoms with van der Waals surface area (Å²) >= 11 is 1.90. The van der Waals surface area contributed by atoms with E-state index in [1.807, 2.05) is 11.3 Å². The Kier molecular flexibility index (Phi) is 3.43. The third-order valence-electron chi connectivity index (χ3n) is 3.83.